The van der Waals surface area contributed by atoms with Crippen LogP contribution in [0.2, 0.25) is 5.02 Å². The van der Waals surface area contributed by atoms with Gasteiger partial charge in [0.2, 0.25) is 0 Å². The molecule has 5 nitrogen and oxygen atoms in total. The molecule has 130 valence electrons. The highest BCUT2D eigenvalue weighted by molar-refractivity contribution is 7.90. The number of hydrogen-bond donors (Lipinski definition) is 0. The Hall–Kier alpha value is -1.53. The average molecular weight is 371 g/mol. The molecule has 2 rings (SSSR count). The predicted octanol–water partition coefficient (Wildman–Crippen LogP) is 2.99. The summed E-state index contributed by atoms with van der Waals surface area (Å²) in [4.78, 5) is 36.7. The lowest BCUT2D eigenvalue weighted by Crippen LogP contribution is -2.35. The maximum absolute atomic E-state index is 12.7. The van der Waals surface area contributed by atoms with E-state index in [9.17, 15) is 22.8 Å². The van der Waals surface area contributed by atoms with Crippen molar-refractivity contribution >= 4 is 38.8 Å². The van der Waals surface area contributed by atoms with Crippen LogP contribution >= 0.6 is 11.6 Å². The molecule has 0 atom stereocenters. The van der Waals surface area contributed by atoms with E-state index in [1.165, 1.54) is 12.1 Å². The van der Waals surface area contributed by atoms with Gasteiger partial charge in [0.15, 0.2) is 27.2 Å². The summed E-state index contributed by atoms with van der Waals surface area (Å²) in [5, 5.41) is 0.00379. The summed E-state index contributed by atoms with van der Waals surface area (Å²) in [5.74, 6) is -3.00. The second-order valence-corrected chi connectivity index (χ2v) is 8.71. The molecule has 1 saturated carbocycles. The quantitative estimate of drug-likeness (QED) is 0.600. The minimum atomic E-state index is -3.52. The molecule has 0 N–H and O–H groups in total. The number of benzene rings is 1. The first-order valence-corrected chi connectivity index (χ1v) is 9.94. The van der Waals surface area contributed by atoms with Crippen LogP contribution in [0.5, 0.6) is 0 Å². The number of sulfone groups is 1. The first-order valence-electron chi connectivity index (χ1n) is 7.67. The van der Waals surface area contributed by atoms with Gasteiger partial charge in [0.1, 0.15) is 5.92 Å². The zero-order valence-electron chi connectivity index (χ0n) is 13.8. The second kappa shape index (κ2) is 6.76. The van der Waals surface area contributed by atoms with Crippen LogP contribution in [0, 0.1) is 5.92 Å². The van der Waals surface area contributed by atoms with Crippen LogP contribution in [0.1, 0.15) is 54.9 Å². The Balaban J connectivity index is 2.60. The highest BCUT2D eigenvalue weighted by Crippen LogP contribution is 2.35. The fraction of sp³-hybridized carbons (Fsp3) is 0.471. The Morgan fingerprint density at radius 2 is 1.71 bits per heavy atom. The summed E-state index contributed by atoms with van der Waals surface area (Å²) in [7, 11) is -3.52. The smallest absolute Gasteiger partial charge is 0.182 e. The molecule has 0 aromatic heterocycles. The summed E-state index contributed by atoms with van der Waals surface area (Å²) >= 11 is 6.32. The van der Waals surface area contributed by atoms with E-state index in [-0.39, 0.29) is 34.2 Å². The van der Waals surface area contributed by atoms with Gasteiger partial charge in [0.05, 0.1) is 9.92 Å². The standard InChI is InChI=1S/C17H19ClO5S/c1-9(2)14-13(24(3,22)23)8-7-10(16(14)18)17(21)15-11(19)5-4-6-12(15)20/h7-9,15H,4-6H2,1-3H3. The van der Waals surface area contributed by atoms with Crippen molar-refractivity contribution in [3.63, 3.8) is 0 Å². The minimum Gasteiger partial charge on any atom is -0.298 e. The SMILES string of the molecule is CC(C)c1c(S(C)(=O)=O)ccc(C(=O)C2C(=O)CCCC2=O)c1Cl. The van der Waals surface area contributed by atoms with Gasteiger partial charge in [-0.2, -0.15) is 0 Å². The third-order valence-electron chi connectivity index (χ3n) is 4.13. The van der Waals surface area contributed by atoms with Gasteiger partial charge in [-0.15, -0.1) is 0 Å². The Bertz CT molecular complexity index is 808. The molecule has 24 heavy (non-hydrogen) atoms. The van der Waals surface area contributed by atoms with Gasteiger partial charge in [-0.3, -0.25) is 14.4 Å². The van der Waals surface area contributed by atoms with Crippen LogP contribution in [0.3, 0.4) is 0 Å². The number of Topliss-reactive ketones (excluding diaryl/α,β-unsaturated/α-hetero) is 3. The van der Waals surface area contributed by atoms with Crippen molar-refractivity contribution in [2.75, 3.05) is 6.26 Å². The summed E-state index contributed by atoms with van der Waals surface area (Å²) in [6, 6.07) is 2.61. The molecule has 0 unspecified atom stereocenters. The van der Waals surface area contributed by atoms with E-state index < -0.39 is 33.1 Å². The predicted molar refractivity (Wildman–Crippen MR) is 90.3 cm³/mol. The van der Waals surface area contributed by atoms with Crippen molar-refractivity contribution in [3.8, 4) is 0 Å². The minimum absolute atomic E-state index is 0.00379. The monoisotopic (exact) mass is 370 g/mol. The van der Waals surface area contributed by atoms with Gasteiger partial charge in [0.25, 0.3) is 0 Å². The zero-order chi connectivity index (χ0) is 18.2. The van der Waals surface area contributed by atoms with Crippen molar-refractivity contribution in [1.29, 1.82) is 0 Å². The molecule has 0 aliphatic heterocycles. The number of hydrogen-bond acceptors (Lipinski definition) is 5. The third-order valence-corrected chi connectivity index (χ3v) is 5.70. The molecule has 7 heteroatoms. The highest BCUT2D eigenvalue weighted by Gasteiger charge is 2.38. The molecule has 1 aliphatic carbocycles. The Labute approximate surface area is 146 Å². The topological polar surface area (TPSA) is 85.3 Å². The molecular formula is C17H19ClO5S. The van der Waals surface area contributed by atoms with Crippen LogP contribution in [0.4, 0.5) is 0 Å². The summed E-state index contributed by atoms with van der Waals surface area (Å²) < 4.78 is 23.9. The molecule has 0 saturated heterocycles. The largest absolute Gasteiger partial charge is 0.298 e. The molecule has 1 aliphatic rings. The Morgan fingerprint density at radius 3 is 2.17 bits per heavy atom. The van der Waals surface area contributed by atoms with Crippen LogP contribution in [-0.2, 0) is 19.4 Å². The fourth-order valence-corrected chi connectivity index (χ4v) is 4.56. The van der Waals surface area contributed by atoms with E-state index in [0.29, 0.717) is 12.0 Å². The summed E-state index contributed by atoms with van der Waals surface area (Å²) in [6.07, 6.45) is 1.91. The number of carbonyl (C=O) groups is 3. The van der Waals surface area contributed by atoms with Gasteiger partial charge >= 0.3 is 0 Å². The number of ketones is 3. The first-order chi connectivity index (χ1) is 11.1. The van der Waals surface area contributed by atoms with E-state index in [1.807, 2.05) is 0 Å². The Morgan fingerprint density at radius 1 is 1.17 bits per heavy atom. The maximum atomic E-state index is 12.7. The van der Waals surface area contributed by atoms with Gasteiger partial charge in [-0.05, 0) is 30.0 Å². The van der Waals surface area contributed by atoms with Crippen molar-refractivity contribution in [2.45, 2.75) is 43.9 Å². The van der Waals surface area contributed by atoms with Crippen molar-refractivity contribution in [3.05, 3.63) is 28.3 Å². The molecule has 0 amide bonds. The van der Waals surface area contributed by atoms with Crippen molar-refractivity contribution < 1.29 is 22.8 Å². The molecule has 0 spiro atoms. The van der Waals surface area contributed by atoms with Crippen molar-refractivity contribution in [2.24, 2.45) is 5.92 Å². The number of halogens is 1. The van der Waals surface area contributed by atoms with Crippen molar-refractivity contribution in [1.82, 2.24) is 0 Å². The van der Waals surface area contributed by atoms with E-state index in [2.05, 4.69) is 0 Å². The number of carbonyl (C=O) groups excluding carboxylic acids is 3. The lowest BCUT2D eigenvalue weighted by molar-refractivity contribution is -0.133. The fourth-order valence-electron chi connectivity index (χ4n) is 2.98. The highest BCUT2D eigenvalue weighted by atomic mass is 35.5. The van der Waals surface area contributed by atoms with Gasteiger partial charge in [-0.25, -0.2) is 8.42 Å². The maximum Gasteiger partial charge on any atom is 0.182 e. The Kier molecular flexibility index (Phi) is 5.30. The molecule has 1 aromatic rings. The van der Waals surface area contributed by atoms with E-state index in [4.69, 9.17) is 11.6 Å². The summed E-state index contributed by atoms with van der Waals surface area (Å²) in [5.41, 5.74) is 0.363. The molecule has 1 aromatic carbocycles. The lowest BCUT2D eigenvalue weighted by atomic mass is 9.81. The molecule has 0 heterocycles. The van der Waals surface area contributed by atoms with Crippen LogP contribution in [-0.4, -0.2) is 32.0 Å². The second-order valence-electron chi connectivity index (χ2n) is 6.35. The average Bonchev–Trinajstić information content (AvgIpc) is 2.45. The normalized spacial score (nSPS) is 16.7. The van der Waals surface area contributed by atoms with E-state index in [0.717, 1.165) is 6.26 Å². The van der Waals surface area contributed by atoms with Crippen LogP contribution in [0.15, 0.2) is 17.0 Å². The molecule has 0 radical (unpaired) electrons. The van der Waals surface area contributed by atoms with E-state index in [1.54, 1.807) is 13.8 Å². The van der Waals surface area contributed by atoms with Gasteiger partial charge < -0.3 is 0 Å². The van der Waals surface area contributed by atoms with Crippen LogP contribution in [0.25, 0.3) is 0 Å². The lowest BCUT2D eigenvalue weighted by Gasteiger charge is -2.21. The summed E-state index contributed by atoms with van der Waals surface area (Å²) in [6.45, 7) is 3.53. The van der Waals surface area contributed by atoms with E-state index >= 15 is 0 Å². The molecule has 1 fully saturated rings. The molecule has 0 bridgehead atoms. The number of rotatable bonds is 4. The molecular weight excluding hydrogens is 352 g/mol. The zero-order valence-corrected chi connectivity index (χ0v) is 15.3. The van der Waals surface area contributed by atoms with Crippen LogP contribution < -0.4 is 0 Å². The van der Waals surface area contributed by atoms with Gasteiger partial charge in [-0.1, -0.05) is 25.4 Å². The third kappa shape index (κ3) is 3.44. The van der Waals surface area contributed by atoms with Gasteiger partial charge in [0, 0.05) is 24.7 Å². The first kappa shape index (κ1) is 18.8.